The summed E-state index contributed by atoms with van der Waals surface area (Å²) in [5.74, 6) is 0. The first-order chi connectivity index (χ1) is 47.2. The summed E-state index contributed by atoms with van der Waals surface area (Å²) in [5.41, 5.74) is 28.7. The summed E-state index contributed by atoms with van der Waals surface area (Å²) >= 11 is 0. The molecule has 4 nitrogen and oxygen atoms in total. The largest absolute Gasteiger partial charge is 0.310 e. The zero-order valence-corrected chi connectivity index (χ0v) is 54.0. The van der Waals surface area contributed by atoms with Gasteiger partial charge in [-0.05, 0) is 222 Å². The molecule has 0 radical (unpaired) electrons. The lowest BCUT2D eigenvalue weighted by molar-refractivity contribution is 0.660. The van der Waals surface area contributed by atoms with Crippen molar-refractivity contribution in [1.29, 1.82) is 0 Å². The van der Waals surface area contributed by atoms with Crippen molar-refractivity contribution in [2.45, 2.75) is 38.5 Å². The van der Waals surface area contributed by atoms with E-state index in [-0.39, 0.29) is 10.8 Å². The number of nitrogens with zero attached hydrogens (tertiary/aromatic N) is 4. The molecule has 0 spiro atoms. The Balaban J connectivity index is 0.665. The van der Waals surface area contributed by atoms with E-state index in [1.54, 1.807) is 0 Å². The standard InChI is InChI=1S/C92H66N4/c1-91(2)81-55-59(39-51-69(81)71-53-49-67(57-83(71)91)93(61-23-7-5-8-24-61)63-41-45-65(46-42-63)95-85-35-19-15-27-73(85)74-28-16-20-36-86(74)95)89-77-31-11-13-33-79(77)90(80-34-14-12-32-78(80)89)60-40-52-70-72-54-50-68(58-84(72)92(3,4)82(70)56-60)94(62-25-9-6-10-26-62)64-43-47-66(48-44-64)96-87-37-21-17-29-75(87)76-30-18-22-38-88(76)96/h5-58H,1-4H3. The zero-order valence-electron chi connectivity index (χ0n) is 54.0. The Kier molecular flexibility index (Phi) is 12.3. The highest BCUT2D eigenvalue weighted by atomic mass is 15.1. The van der Waals surface area contributed by atoms with E-state index in [1.165, 1.54) is 132 Å². The van der Waals surface area contributed by atoms with E-state index in [4.69, 9.17) is 0 Å². The van der Waals surface area contributed by atoms with E-state index >= 15 is 0 Å². The van der Waals surface area contributed by atoms with Gasteiger partial charge in [0.1, 0.15) is 0 Å². The number of hydrogen-bond donors (Lipinski definition) is 0. The molecule has 0 saturated heterocycles. The lowest BCUT2D eigenvalue weighted by atomic mass is 9.79. The van der Waals surface area contributed by atoms with E-state index in [9.17, 15) is 0 Å². The smallest absolute Gasteiger partial charge is 0.0541 e. The predicted molar refractivity (Wildman–Crippen MR) is 405 cm³/mol. The van der Waals surface area contributed by atoms with Gasteiger partial charge in [-0.1, -0.05) is 222 Å². The van der Waals surface area contributed by atoms with Gasteiger partial charge in [-0.25, -0.2) is 0 Å². The van der Waals surface area contributed by atoms with E-state index in [0.29, 0.717) is 0 Å². The van der Waals surface area contributed by atoms with Gasteiger partial charge >= 0.3 is 0 Å². The van der Waals surface area contributed by atoms with E-state index < -0.39 is 0 Å². The average molecular weight is 1230 g/mol. The summed E-state index contributed by atoms with van der Waals surface area (Å²) in [6.45, 7) is 9.66. The monoisotopic (exact) mass is 1230 g/mol. The summed E-state index contributed by atoms with van der Waals surface area (Å²) in [7, 11) is 0. The van der Waals surface area contributed by atoms with Gasteiger partial charge in [0, 0.05) is 77.9 Å². The molecule has 2 aliphatic carbocycles. The van der Waals surface area contributed by atoms with Crippen molar-refractivity contribution in [2.75, 3.05) is 9.80 Å². The molecular weight excluding hydrogens is 1160 g/mol. The first-order valence-corrected chi connectivity index (χ1v) is 33.6. The number of rotatable bonds is 10. The third kappa shape index (κ3) is 8.34. The Morgan fingerprint density at radius 2 is 0.469 bits per heavy atom. The van der Waals surface area contributed by atoms with Crippen molar-refractivity contribution in [3.63, 3.8) is 0 Å². The molecule has 454 valence electrons. The molecule has 2 aliphatic rings. The Morgan fingerprint density at radius 3 is 0.792 bits per heavy atom. The fraction of sp³-hybridized carbons (Fsp3) is 0.0652. The molecule has 0 aliphatic heterocycles. The summed E-state index contributed by atoms with van der Waals surface area (Å²) in [6.07, 6.45) is 0. The molecule has 0 bridgehead atoms. The van der Waals surface area contributed by atoms with Gasteiger partial charge in [-0.15, -0.1) is 0 Å². The normalized spacial score (nSPS) is 13.4. The highest BCUT2D eigenvalue weighted by Gasteiger charge is 2.39. The second kappa shape index (κ2) is 21.3. The highest BCUT2D eigenvalue weighted by Crippen LogP contribution is 2.56. The molecule has 0 fully saturated rings. The van der Waals surface area contributed by atoms with Crippen LogP contribution in [0.1, 0.15) is 49.9 Å². The number of para-hydroxylation sites is 6. The van der Waals surface area contributed by atoms with Crippen LogP contribution in [0.15, 0.2) is 328 Å². The van der Waals surface area contributed by atoms with Gasteiger partial charge in [0.15, 0.2) is 0 Å². The van der Waals surface area contributed by atoms with Crippen LogP contribution in [0.25, 0.3) is 121 Å². The molecule has 2 heterocycles. The van der Waals surface area contributed by atoms with Crippen molar-refractivity contribution in [1.82, 2.24) is 9.13 Å². The van der Waals surface area contributed by atoms with E-state index in [0.717, 1.165) is 45.5 Å². The Hall–Kier alpha value is -12.0. The molecule has 96 heavy (non-hydrogen) atoms. The Morgan fingerprint density at radius 1 is 0.219 bits per heavy atom. The third-order valence-corrected chi connectivity index (χ3v) is 21.3. The maximum atomic E-state index is 2.51. The van der Waals surface area contributed by atoms with Crippen molar-refractivity contribution < 1.29 is 0 Å². The van der Waals surface area contributed by atoms with Crippen molar-refractivity contribution in [3.05, 3.63) is 350 Å². The first kappa shape index (κ1) is 55.6. The average Bonchev–Trinajstić information content (AvgIpc) is 1.48. The maximum Gasteiger partial charge on any atom is 0.0541 e. The minimum atomic E-state index is -0.290. The molecule has 0 saturated carbocycles. The summed E-state index contributed by atoms with van der Waals surface area (Å²) < 4.78 is 4.78. The number of benzene rings is 15. The molecule has 4 heteroatoms. The van der Waals surface area contributed by atoms with E-state index in [2.05, 4.69) is 374 Å². The molecule has 15 aromatic carbocycles. The van der Waals surface area contributed by atoms with Crippen LogP contribution < -0.4 is 9.80 Å². The summed E-state index contributed by atoms with van der Waals surface area (Å²) in [6, 6.07) is 122. The van der Waals surface area contributed by atoms with Crippen LogP contribution in [0.3, 0.4) is 0 Å². The van der Waals surface area contributed by atoms with Crippen molar-refractivity contribution in [2.24, 2.45) is 0 Å². The second-order valence-electron chi connectivity index (χ2n) is 27.2. The molecule has 0 N–H and O–H groups in total. The molecule has 2 aromatic heterocycles. The second-order valence-corrected chi connectivity index (χ2v) is 27.2. The van der Waals surface area contributed by atoms with Crippen LogP contribution in [-0.4, -0.2) is 9.13 Å². The molecule has 19 rings (SSSR count). The fourth-order valence-electron chi connectivity index (χ4n) is 16.7. The fourth-order valence-corrected chi connectivity index (χ4v) is 16.7. The lowest BCUT2D eigenvalue weighted by Crippen LogP contribution is -2.16. The van der Waals surface area contributed by atoms with Crippen LogP contribution in [0.5, 0.6) is 0 Å². The number of hydrogen-bond acceptors (Lipinski definition) is 2. The minimum Gasteiger partial charge on any atom is -0.310 e. The SMILES string of the molecule is CC1(C)c2cc(-c3c4ccccc4c(-c4ccc5c(c4)C(C)(C)c4cc(N(c6ccccc6)c6ccc(-n7c8ccccc8c8ccccc87)cc6)ccc4-5)c4ccccc34)ccc2-c2ccc(N(c3ccccc3)c3ccc(-n4c5ccccc5c5ccccc54)cc3)cc21. The van der Waals surface area contributed by atoms with E-state index in [1.807, 2.05) is 0 Å². The maximum absolute atomic E-state index is 2.51. The van der Waals surface area contributed by atoms with Crippen LogP contribution in [0.2, 0.25) is 0 Å². The summed E-state index contributed by atoms with van der Waals surface area (Å²) in [4.78, 5) is 4.82. The van der Waals surface area contributed by atoms with Gasteiger partial charge in [-0.3, -0.25) is 0 Å². The topological polar surface area (TPSA) is 16.3 Å². The number of fused-ring (bicyclic) bond motifs is 14. The minimum absolute atomic E-state index is 0.290. The van der Waals surface area contributed by atoms with Crippen LogP contribution >= 0.6 is 0 Å². The van der Waals surface area contributed by atoms with Crippen LogP contribution in [0.4, 0.5) is 34.1 Å². The number of anilines is 6. The first-order valence-electron chi connectivity index (χ1n) is 33.6. The Bertz CT molecular complexity index is 5470. The zero-order chi connectivity index (χ0) is 64.0. The van der Waals surface area contributed by atoms with Gasteiger partial charge in [0.25, 0.3) is 0 Å². The quantitative estimate of drug-likeness (QED) is 0.127. The van der Waals surface area contributed by atoms with Crippen molar-refractivity contribution in [3.8, 4) is 55.9 Å². The van der Waals surface area contributed by atoms with Gasteiger partial charge in [0.05, 0.1) is 22.1 Å². The predicted octanol–water partition coefficient (Wildman–Crippen LogP) is 25.1. The number of aromatic nitrogens is 2. The van der Waals surface area contributed by atoms with Gasteiger partial charge in [-0.2, -0.15) is 0 Å². The molecule has 0 amide bonds. The molecule has 0 unspecified atom stereocenters. The van der Waals surface area contributed by atoms with Crippen LogP contribution in [-0.2, 0) is 10.8 Å². The molecular formula is C92H66N4. The van der Waals surface area contributed by atoms with Crippen molar-refractivity contribution >= 4 is 99.3 Å². The summed E-state index contributed by atoms with van der Waals surface area (Å²) in [5, 5.41) is 10.0. The Labute approximate surface area is 559 Å². The highest BCUT2D eigenvalue weighted by molar-refractivity contribution is 6.22. The van der Waals surface area contributed by atoms with Crippen LogP contribution in [0, 0.1) is 0 Å². The molecule has 17 aromatic rings. The van der Waals surface area contributed by atoms with Gasteiger partial charge in [0.2, 0.25) is 0 Å². The lowest BCUT2D eigenvalue weighted by Gasteiger charge is -2.28. The van der Waals surface area contributed by atoms with Gasteiger partial charge < -0.3 is 18.9 Å². The third-order valence-electron chi connectivity index (χ3n) is 21.3. The molecule has 0 atom stereocenters.